The van der Waals surface area contributed by atoms with Crippen molar-refractivity contribution in [2.45, 2.75) is 43.5 Å². The summed E-state index contributed by atoms with van der Waals surface area (Å²) in [6, 6.07) is 13.9. The number of ether oxygens (including phenoxy) is 1. The Bertz CT molecular complexity index is 1130. The normalized spacial score (nSPS) is 22.5. The highest BCUT2D eigenvalue weighted by molar-refractivity contribution is 7.90. The van der Waals surface area contributed by atoms with E-state index in [1.54, 1.807) is 32.0 Å². The SMILES string of the molecule is CC1(C)OC(C[C@@H](CCO)c2ccccc2F)=NS(=O)(=O)C1c1ccc(N2CCNCC2)cc1. The molecule has 0 aliphatic carbocycles. The van der Waals surface area contributed by atoms with Gasteiger partial charge in [0.25, 0.3) is 10.0 Å². The Morgan fingerprint density at radius 3 is 2.47 bits per heavy atom. The summed E-state index contributed by atoms with van der Waals surface area (Å²) in [5, 5.41) is 11.9. The lowest BCUT2D eigenvalue weighted by Crippen LogP contribution is -2.44. The van der Waals surface area contributed by atoms with Gasteiger partial charge in [-0.15, -0.1) is 4.40 Å². The summed E-state index contributed by atoms with van der Waals surface area (Å²) in [6.45, 7) is 6.95. The van der Waals surface area contributed by atoms with Crippen molar-refractivity contribution in [3.8, 4) is 0 Å². The molecule has 2 aromatic rings. The molecule has 2 aromatic carbocycles. The van der Waals surface area contributed by atoms with Gasteiger partial charge in [0, 0.05) is 44.9 Å². The Morgan fingerprint density at radius 2 is 1.85 bits per heavy atom. The molecule has 0 bridgehead atoms. The molecule has 0 saturated carbocycles. The predicted octanol–water partition coefficient (Wildman–Crippen LogP) is 3.37. The van der Waals surface area contributed by atoms with Crippen LogP contribution in [0.25, 0.3) is 0 Å². The number of halogens is 1. The van der Waals surface area contributed by atoms with Crippen molar-refractivity contribution in [3.05, 3.63) is 65.5 Å². The molecule has 1 fully saturated rings. The zero-order chi connectivity index (χ0) is 24.3. The summed E-state index contributed by atoms with van der Waals surface area (Å²) in [4.78, 5) is 2.26. The highest BCUT2D eigenvalue weighted by Gasteiger charge is 2.47. The number of benzene rings is 2. The molecule has 0 spiro atoms. The number of anilines is 1. The molecule has 2 aliphatic rings. The number of nitrogens with zero attached hydrogens (tertiary/aromatic N) is 2. The van der Waals surface area contributed by atoms with Gasteiger partial charge in [0.05, 0.1) is 0 Å². The first-order valence-electron chi connectivity index (χ1n) is 11.6. The van der Waals surface area contributed by atoms with E-state index in [-0.39, 0.29) is 25.3 Å². The maximum Gasteiger partial charge on any atom is 0.267 e. The topological polar surface area (TPSA) is 91.2 Å². The molecule has 9 heteroatoms. The molecule has 4 rings (SSSR count). The molecule has 1 unspecified atom stereocenters. The third kappa shape index (κ3) is 5.26. The smallest absolute Gasteiger partial charge is 0.267 e. The quantitative estimate of drug-likeness (QED) is 0.620. The number of rotatable bonds is 7. The van der Waals surface area contributed by atoms with Crippen LogP contribution in [-0.4, -0.2) is 57.8 Å². The van der Waals surface area contributed by atoms with Crippen molar-refractivity contribution < 1.29 is 22.7 Å². The lowest BCUT2D eigenvalue weighted by Gasteiger charge is -2.38. The minimum absolute atomic E-state index is 0.0420. The van der Waals surface area contributed by atoms with Crippen molar-refractivity contribution in [2.75, 3.05) is 37.7 Å². The van der Waals surface area contributed by atoms with Crippen molar-refractivity contribution >= 4 is 21.6 Å². The molecule has 1 saturated heterocycles. The zero-order valence-corrected chi connectivity index (χ0v) is 20.4. The summed E-state index contributed by atoms with van der Waals surface area (Å²) < 4.78 is 51.2. The van der Waals surface area contributed by atoms with Gasteiger partial charge in [0.15, 0.2) is 0 Å². The fourth-order valence-electron chi connectivity index (χ4n) is 4.90. The first kappa shape index (κ1) is 24.6. The monoisotopic (exact) mass is 489 g/mol. The number of hydrogen-bond donors (Lipinski definition) is 2. The summed E-state index contributed by atoms with van der Waals surface area (Å²) in [5.74, 6) is -0.812. The average molecular weight is 490 g/mol. The second kappa shape index (κ2) is 10.0. The molecule has 34 heavy (non-hydrogen) atoms. The van der Waals surface area contributed by atoms with Gasteiger partial charge >= 0.3 is 0 Å². The minimum atomic E-state index is -3.94. The number of sulfonamides is 1. The second-order valence-corrected chi connectivity index (χ2v) is 11.0. The summed E-state index contributed by atoms with van der Waals surface area (Å²) in [7, 11) is -3.94. The van der Waals surface area contributed by atoms with Crippen LogP contribution in [0.5, 0.6) is 0 Å². The highest BCUT2D eigenvalue weighted by Crippen LogP contribution is 2.42. The van der Waals surface area contributed by atoms with E-state index in [1.807, 2.05) is 24.3 Å². The third-order valence-electron chi connectivity index (χ3n) is 6.46. The molecule has 7 nitrogen and oxygen atoms in total. The number of nitrogens with one attached hydrogen (secondary N) is 1. The minimum Gasteiger partial charge on any atom is -0.472 e. The van der Waals surface area contributed by atoms with Gasteiger partial charge in [0.2, 0.25) is 5.90 Å². The van der Waals surface area contributed by atoms with Gasteiger partial charge in [0.1, 0.15) is 16.7 Å². The Labute approximate surface area is 200 Å². The molecule has 2 atom stereocenters. The van der Waals surface area contributed by atoms with E-state index >= 15 is 0 Å². The van der Waals surface area contributed by atoms with Crippen LogP contribution < -0.4 is 10.2 Å². The Hall–Kier alpha value is -2.49. The van der Waals surface area contributed by atoms with Crippen molar-refractivity contribution in [3.63, 3.8) is 0 Å². The average Bonchev–Trinajstić information content (AvgIpc) is 2.79. The Morgan fingerprint density at radius 1 is 1.18 bits per heavy atom. The van der Waals surface area contributed by atoms with Crippen molar-refractivity contribution in [2.24, 2.45) is 4.40 Å². The van der Waals surface area contributed by atoms with Crippen LogP contribution in [0.3, 0.4) is 0 Å². The van der Waals surface area contributed by atoms with Crippen molar-refractivity contribution in [1.29, 1.82) is 0 Å². The van der Waals surface area contributed by atoms with E-state index in [9.17, 15) is 17.9 Å². The van der Waals surface area contributed by atoms with Gasteiger partial charge in [-0.3, -0.25) is 0 Å². The van der Waals surface area contributed by atoms with E-state index in [2.05, 4.69) is 14.6 Å². The summed E-state index contributed by atoms with van der Waals surface area (Å²) in [5.41, 5.74) is 1.00. The zero-order valence-electron chi connectivity index (χ0n) is 19.6. The van der Waals surface area contributed by atoms with Gasteiger partial charge in [-0.2, -0.15) is 0 Å². The van der Waals surface area contributed by atoms with Gasteiger partial charge < -0.3 is 20.1 Å². The Kier molecular flexibility index (Phi) is 7.25. The Balaban J connectivity index is 1.59. The second-order valence-electron chi connectivity index (χ2n) is 9.35. The van der Waals surface area contributed by atoms with Crippen LogP contribution in [-0.2, 0) is 14.8 Å². The molecule has 2 aliphatic heterocycles. The molecule has 0 aromatic heterocycles. The van der Waals surface area contributed by atoms with Crippen LogP contribution in [0.1, 0.15) is 49.0 Å². The summed E-state index contributed by atoms with van der Waals surface area (Å²) >= 11 is 0. The number of hydrogen-bond acceptors (Lipinski definition) is 6. The van der Waals surface area contributed by atoms with Gasteiger partial charge in [-0.25, -0.2) is 12.8 Å². The van der Waals surface area contributed by atoms with Crippen LogP contribution >= 0.6 is 0 Å². The van der Waals surface area contributed by atoms with Gasteiger partial charge in [-0.05, 0) is 55.5 Å². The summed E-state index contributed by atoms with van der Waals surface area (Å²) in [6.07, 6.45) is 0.347. The molecule has 2 heterocycles. The first-order chi connectivity index (χ1) is 16.2. The highest BCUT2D eigenvalue weighted by atomic mass is 32.2. The van der Waals surface area contributed by atoms with E-state index < -0.39 is 32.6 Å². The molecular weight excluding hydrogens is 457 g/mol. The molecular formula is C25H32FN3O4S. The van der Waals surface area contributed by atoms with E-state index in [0.29, 0.717) is 11.1 Å². The third-order valence-corrected chi connectivity index (χ3v) is 8.35. The molecule has 0 amide bonds. The largest absolute Gasteiger partial charge is 0.472 e. The van der Waals surface area contributed by atoms with Crippen LogP contribution in [0.15, 0.2) is 52.9 Å². The fourth-order valence-corrected chi connectivity index (χ4v) is 6.67. The maximum atomic E-state index is 14.4. The number of aliphatic hydroxyl groups is 1. The van der Waals surface area contributed by atoms with Crippen LogP contribution in [0.2, 0.25) is 0 Å². The molecule has 2 N–H and O–H groups in total. The fraction of sp³-hybridized carbons (Fsp3) is 0.480. The lowest BCUT2D eigenvalue weighted by atomic mass is 9.91. The first-order valence-corrected chi connectivity index (χ1v) is 13.1. The van der Waals surface area contributed by atoms with E-state index in [4.69, 9.17) is 4.74 Å². The van der Waals surface area contributed by atoms with E-state index in [0.717, 1.165) is 31.9 Å². The van der Waals surface area contributed by atoms with E-state index in [1.165, 1.54) is 6.07 Å². The number of piperazine rings is 1. The lowest BCUT2D eigenvalue weighted by molar-refractivity contribution is 0.0797. The predicted molar refractivity (Wildman–Crippen MR) is 131 cm³/mol. The van der Waals surface area contributed by atoms with Crippen LogP contribution in [0, 0.1) is 5.82 Å². The molecule has 0 radical (unpaired) electrons. The maximum absolute atomic E-state index is 14.4. The standard InChI is InChI=1S/C25H32FN3O4S/c1-25(2)24(18-7-9-20(10-8-18)29-14-12-27-13-15-29)34(31,32)28-23(33-25)17-19(11-16-30)21-5-3-4-6-22(21)26/h3-10,19,24,27,30H,11-17H2,1-2H3/t19-,24?/m1/s1. The van der Waals surface area contributed by atoms with Crippen molar-refractivity contribution in [1.82, 2.24) is 5.32 Å². The molecule has 184 valence electrons. The van der Waals surface area contributed by atoms with Crippen LogP contribution in [0.4, 0.5) is 10.1 Å². The number of aliphatic hydroxyl groups excluding tert-OH is 1. The van der Waals surface area contributed by atoms with Gasteiger partial charge in [-0.1, -0.05) is 30.3 Å².